The lowest BCUT2D eigenvalue weighted by Gasteiger charge is -2.22. The van der Waals surface area contributed by atoms with E-state index in [1.807, 2.05) is 25.1 Å². The number of aromatic nitrogens is 2. The van der Waals surface area contributed by atoms with Gasteiger partial charge in [-0.3, -0.25) is 0 Å². The highest BCUT2D eigenvalue weighted by Gasteiger charge is 2.08. The van der Waals surface area contributed by atoms with E-state index in [9.17, 15) is 0 Å². The summed E-state index contributed by atoms with van der Waals surface area (Å²) in [6.07, 6.45) is 2.07. The first kappa shape index (κ1) is 14.2. The Labute approximate surface area is 109 Å². The van der Waals surface area contributed by atoms with Crippen LogP contribution in [0.1, 0.15) is 20.3 Å². The zero-order valence-corrected chi connectivity index (χ0v) is 11.6. The maximum atomic E-state index is 8.59. The minimum absolute atomic E-state index is 0.498. The smallest absolute Gasteiger partial charge is 0.133 e. The molecule has 0 radical (unpaired) electrons. The van der Waals surface area contributed by atoms with Gasteiger partial charge in [0.1, 0.15) is 18.0 Å². The van der Waals surface area contributed by atoms with Crippen molar-refractivity contribution in [3.63, 3.8) is 0 Å². The molecule has 0 aliphatic carbocycles. The average Bonchev–Trinajstić information content (AvgIpc) is 2.35. The summed E-state index contributed by atoms with van der Waals surface area (Å²) >= 11 is 0. The van der Waals surface area contributed by atoms with Gasteiger partial charge >= 0.3 is 0 Å². The second kappa shape index (κ2) is 6.80. The number of hydrogen-bond donors (Lipinski definition) is 0. The molecule has 1 aromatic rings. The molecule has 0 aliphatic rings. The molecule has 0 atom stereocenters. The average molecular weight is 247 g/mol. The first-order valence-corrected chi connectivity index (χ1v) is 6.16. The second-order valence-electron chi connectivity index (χ2n) is 4.84. The maximum Gasteiger partial charge on any atom is 0.133 e. The van der Waals surface area contributed by atoms with E-state index in [0.29, 0.717) is 18.9 Å². The molecule has 0 unspecified atom stereocenters. The van der Waals surface area contributed by atoms with E-state index in [1.165, 1.54) is 0 Å². The fourth-order valence-electron chi connectivity index (χ4n) is 1.73. The van der Waals surface area contributed by atoms with Crippen molar-refractivity contribution in [3.8, 4) is 6.07 Å². The topological polar surface area (TPSA) is 56.0 Å². The van der Waals surface area contributed by atoms with Crippen molar-refractivity contribution in [2.24, 2.45) is 5.92 Å². The largest absolute Gasteiger partial charge is 0.359 e. The Kier molecular flexibility index (Phi) is 5.37. The summed E-state index contributed by atoms with van der Waals surface area (Å²) in [5.41, 5.74) is 0. The number of anilines is 2. The van der Waals surface area contributed by atoms with Crippen molar-refractivity contribution in [1.29, 1.82) is 5.26 Å². The highest BCUT2D eigenvalue weighted by atomic mass is 15.2. The molecule has 0 saturated carbocycles. The van der Waals surface area contributed by atoms with E-state index < -0.39 is 0 Å². The summed E-state index contributed by atoms with van der Waals surface area (Å²) < 4.78 is 0. The van der Waals surface area contributed by atoms with Crippen molar-refractivity contribution < 1.29 is 0 Å². The van der Waals surface area contributed by atoms with Crippen LogP contribution in [0.3, 0.4) is 0 Å². The minimum Gasteiger partial charge on any atom is -0.359 e. The van der Waals surface area contributed by atoms with E-state index >= 15 is 0 Å². The molecule has 0 N–H and O–H groups in total. The summed E-state index contributed by atoms with van der Waals surface area (Å²) in [7, 11) is 3.97. The van der Waals surface area contributed by atoms with Gasteiger partial charge in [0.05, 0.1) is 12.5 Å². The molecule has 0 aromatic carbocycles. The SMILES string of the molecule is CC(C)CN(C)c1cc(N(C)CCC#N)ncn1. The van der Waals surface area contributed by atoms with E-state index in [4.69, 9.17) is 5.26 Å². The van der Waals surface area contributed by atoms with Crippen LogP contribution in [0.4, 0.5) is 11.6 Å². The molecule has 1 heterocycles. The molecule has 1 aromatic heterocycles. The maximum absolute atomic E-state index is 8.59. The molecule has 5 nitrogen and oxygen atoms in total. The van der Waals surface area contributed by atoms with Crippen LogP contribution in [0.2, 0.25) is 0 Å². The van der Waals surface area contributed by atoms with Crippen LogP contribution < -0.4 is 9.80 Å². The Balaban J connectivity index is 2.75. The number of nitrogens with zero attached hydrogens (tertiary/aromatic N) is 5. The summed E-state index contributed by atoms with van der Waals surface area (Å²) in [5.74, 6) is 2.35. The number of rotatable bonds is 6. The molecule has 0 aliphatic heterocycles. The second-order valence-corrected chi connectivity index (χ2v) is 4.84. The molecular weight excluding hydrogens is 226 g/mol. The number of hydrogen-bond acceptors (Lipinski definition) is 5. The van der Waals surface area contributed by atoms with Gasteiger partial charge < -0.3 is 9.80 Å². The first-order valence-electron chi connectivity index (χ1n) is 6.16. The predicted octanol–water partition coefficient (Wildman–Crippen LogP) is 1.92. The van der Waals surface area contributed by atoms with E-state index in [-0.39, 0.29) is 0 Å². The molecule has 1 rings (SSSR count). The van der Waals surface area contributed by atoms with Crippen LogP contribution in [0.25, 0.3) is 0 Å². The molecule has 18 heavy (non-hydrogen) atoms. The molecule has 0 fully saturated rings. The lowest BCUT2D eigenvalue weighted by Crippen LogP contribution is -2.25. The molecule has 0 bridgehead atoms. The van der Waals surface area contributed by atoms with Crippen LogP contribution >= 0.6 is 0 Å². The minimum atomic E-state index is 0.498. The van der Waals surface area contributed by atoms with Gasteiger partial charge in [0.25, 0.3) is 0 Å². The van der Waals surface area contributed by atoms with Crippen molar-refractivity contribution in [3.05, 3.63) is 12.4 Å². The van der Waals surface area contributed by atoms with Gasteiger partial charge in [-0.15, -0.1) is 0 Å². The van der Waals surface area contributed by atoms with Crippen molar-refractivity contribution >= 4 is 11.6 Å². The Bertz CT molecular complexity index is 410. The van der Waals surface area contributed by atoms with Gasteiger partial charge in [-0.25, -0.2) is 9.97 Å². The lowest BCUT2D eigenvalue weighted by molar-refractivity contribution is 0.634. The van der Waals surface area contributed by atoms with Crippen molar-refractivity contribution in [2.75, 3.05) is 37.0 Å². The van der Waals surface area contributed by atoms with E-state index in [1.54, 1.807) is 6.33 Å². The summed E-state index contributed by atoms with van der Waals surface area (Å²) in [5, 5.41) is 8.59. The van der Waals surface area contributed by atoms with Crippen molar-refractivity contribution in [2.45, 2.75) is 20.3 Å². The monoisotopic (exact) mass is 247 g/mol. The number of nitriles is 1. The van der Waals surface area contributed by atoms with Gasteiger partial charge in [-0.2, -0.15) is 5.26 Å². The zero-order valence-electron chi connectivity index (χ0n) is 11.6. The Morgan fingerprint density at radius 3 is 2.39 bits per heavy atom. The highest BCUT2D eigenvalue weighted by Crippen LogP contribution is 2.16. The summed E-state index contributed by atoms with van der Waals surface area (Å²) in [6, 6.07) is 4.09. The Hall–Kier alpha value is -1.83. The van der Waals surface area contributed by atoms with Gasteiger partial charge in [0, 0.05) is 33.3 Å². The van der Waals surface area contributed by atoms with Crippen LogP contribution in [0.5, 0.6) is 0 Å². The predicted molar refractivity (Wildman–Crippen MR) is 73.6 cm³/mol. The van der Waals surface area contributed by atoms with Crippen LogP contribution in [-0.4, -0.2) is 37.2 Å². The molecule has 0 amide bonds. The van der Waals surface area contributed by atoms with Gasteiger partial charge in [-0.1, -0.05) is 13.8 Å². The normalized spacial score (nSPS) is 10.2. The lowest BCUT2D eigenvalue weighted by atomic mass is 10.2. The zero-order chi connectivity index (χ0) is 13.5. The quantitative estimate of drug-likeness (QED) is 0.768. The molecule has 98 valence electrons. The fraction of sp³-hybridized carbons (Fsp3) is 0.615. The highest BCUT2D eigenvalue weighted by molar-refractivity contribution is 5.49. The van der Waals surface area contributed by atoms with Gasteiger partial charge in [0.15, 0.2) is 0 Å². The Morgan fingerprint density at radius 1 is 1.22 bits per heavy atom. The van der Waals surface area contributed by atoms with Crippen LogP contribution in [0.15, 0.2) is 12.4 Å². The standard InChI is InChI=1S/C13H21N5/c1-11(2)9-18(4)13-8-12(15-10-16-13)17(3)7-5-6-14/h8,10-11H,5,7,9H2,1-4H3. The first-order chi connectivity index (χ1) is 8.54. The molecule has 5 heteroatoms. The van der Waals surface area contributed by atoms with Gasteiger partial charge in [0.2, 0.25) is 0 Å². The fourth-order valence-corrected chi connectivity index (χ4v) is 1.73. The summed E-state index contributed by atoms with van der Waals surface area (Å²) in [6.45, 7) is 5.99. The van der Waals surface area contributed by atoms with Crippen molar-refractivity contribution in [1.82, 2.24) is 9.97 Å². The molecule has 0 saturated heterocycles. The van der Waals surface area contributed by atoms with Gasteiger partial charge in [-0.05, 0) is 5.92 Å². The molecular formula is C13H21N5. The Morgan fingerprint density at radius 2 is 1.83 bits per heavy atom. The van der Waals surface area contributed by atoms with Crippen LogP contribution in [0, 0.1) is 17.2 Å². The third-order valence-corrected chi connectivity index (χ3v) is 2.62. The third-order valence-electron chi connectivity index (χ3n) is 2.62. The molecule has 0 spiro atoms. The van der Waals surface area contributed by atoms with E-state index in [0.717, 1.165) is 18.2 Å². The third kappa shape index (κ3) is 4.21. The van der Waals surface area contributed by atoms with E-state index in [2.05, 4.69) is 34.8 Å². The van der Waals surface area contributed by atoms with Crippen LogP contribution in [-0.2, 0) is 0 Å². The summed E-state index contributed by atoms with van der Waals surface area (Å²) in [4.78, 5) is 12.6.